The van der Waals surface area contributed by atoms with Crippen LogP contribution in [0.5, 0.6) is 0 Å². The van der Waals surface area contributed by atoms with Crippen LogP contribution in [-0.4, -0.2) is 46.5 Å². The number of unbranched alkanes of at least 4 members (excludes halogenated alkanes) is 3. The van der Waals surface area contributed by atoms with Crippen molar-refractivity contribution in [3.63, 3.8) is 0 Å². The summed E-state index contributed by atoms with van der Waals surface area (Å²) < 4.78 is 0. The topological polar surface area (TPSA) is 74.8 Å². The molecule has 0 N–H and O–H groups in total. The fraction of sp³-hybridized carbons (Fsp3) is 0.385. The summed E-state index contributed by atoms with van der Waals surface area (Å²) in [6.45, 7) is 0.858. The van der Waals surface area contributed by atoms with E-state index in [9.17, 15) is 19.2 Å². The van der Waals surface area contributed by atoms with E-state index in [1.54, 1.807) is 0 Å². The Morgan fingerprint density at radius 2 is 0.938 bits per heavy atom. The second-order valence-corrected chi connectivity index (χ2v) is 8.52. The number of hydrogen-bond donors (Lipinski definition) is 0. The number of nitrogens with zero attached hydrogens (tertiary/aromatic N) is 2. The van der Waals surface area contributed by atoms with Crippen molar-refractivity contribution in [1.29, 1.82) is 0 Å². The van der Waals surface area contributed by atoms with Crippen LogP contribution >= 0.6 is 0 Å². The lowest BCUT2D eigenvalue weighted by molar-refractivity contribution is -0.140. The standard InChI is InChI=1S/C26H28N2O4/c29-23-17-21(19-11-5-3-6-12-19)25(31)27(23)15-9-1-2-10-16-28-24(30)18-22(26(28)32)20-13-7-4-8-14-20/h3-8,11-14,21-22H,1-2,9-10,15-18H2. The number of carbonyl (C=O) groups is 4. The van der Waals surface area contributed by atoms with Gasteiger partial charge in [0.25, 0.3) is 0 Å². The summed E-state index contributed by atoms with van der Waals surface area (Å²) in [6, 6.07) is 18.9. The highest BCUT2D eigenvalue weighted by molar-refractivity contribution is 6.06. The molecule has 2 atom stereocenters. The predicted octanol–water partition coefficient (Wildman–Crippen LogP) is 3.63. The van der Waals surface area contributed by atoms with Crippen molar-refractivity contribution in [3.05, 3.63) is 71.8 Å². The van der Waals surface area contributed by atoms with Gasteiger partial charge in [-0.15, -0.1) is 0 Å². The van der Waals surface area contributed by atoms with Crippen LogP contribution in [0.25, 0.3) is 0 Å². The Balaban J connectivity index is 1.19. The van der Waals surface area contributed by atoms with Gasteiger partial charge in [-0.2, -0.15) is 0 Å². The molecule has 166 valence electrons. The van der Waals surface area contributed by atoms with E-state index in [1.807, 2.05) is 60.7 Å². The van der Waals surface area contributed by atoms with E-state index in [-0.39, 0.29) is 48.3 Å². The summed E-state index contributed by atoms with van der Waals surface area (Å²) >= 11 is 0. The Labute approximate surface area is 188 Å². The highest BCUT2D eigenvalue weighted by Crippen LogP contribution is 2.31. The van der Waals surface area contributed by atoms with Crippen LogP contribution in [-0.2, 0) is 19.2 Å². The number of imide groups is 2. The molecule has 2 unspecified atom stereocenters. The van der Waals surface area contributed by atoms with E-state index in [2.05, 4.69) is 0 Å². The van der Waals surface area contributed by atoms with Gasteiger partial charge in [0.1, 0.15) is 0 Å². The first-order valence-electron chi connectivity index (χ1n) is 11.3. The normalized spacial score (nSPS) is 21.1. The number of hydrogen-bond acceptors (Lipinski definition) is 4. The lowest BCUT2D eigenvalue weighted by Gasteiger charge is -2.16. The molecule has 0 saturated carbocycles. The number of carbonyl (C=O) groups excluding carboxylic acids is 4. The van der Waals surface area contributed by atoms with E-state index in [1.165, 1.54) is 9.80 Å². The van der Waals surface area contributed by atoms with Crippen LogP contribution in [0.2, 0.25) is 0 Å². The summed E-state index contributed by atoms with van der Waals surface area (Å²) in [5, 5.41) is 0. The highest BCUT2D eigenvalue weighted by atomic mass is 16.2. The maximum absolute atomic E-state index is 12.7. The van der Waals surface area contributed by atoms with Gasteiger partial charge in [-0.1, -0.05) is 73.5 Å². The van der Waals surface area contributed by atoms with Gasteiger partial charge in [-0.05, 0) is 24.0 Å². The summed E-state index contributed by atoms with van der Waals surface area (Å²) in [4.78, 5) is 52.7. The van der Waals surface area contributed by atoms with Crippen molar-refractivity contribution in [1.82, 2.24) is 9.80 Å². The fourth-order valence-electron chi connectivity index (χ4n) is 4.62. The maximum atomic E-state index is 12.7. The van der Waals surface area contributed by atoms with Gasteiger partial charge in [0.2, 0.25) is 23.6 Å². The molecular formula is C26H28N2O4. The Morgan fingerprint density at radius 1 is 0.562 bits per heavy atom. The molecule has 2 aliphatic rings. The molecule has 0 aromatic heterocycles. The molecule has 4 amide bonds. The van der Waals surface area contributed by atoms with E-state index in [0.717, 1.165) is 36.8 Å². The summed E-state index contributed by atoms with van der Waals surface area (Å²) in [6.07, 6.45) is 3.62. The first-order valence-corrected chi connectivity index (χ1v) is 11.3. The van der Waals surface area contributed by atoms with Crippen molar-refractivity contribution in [2.24, 2.45) is 0 Å². The van der Waals surface area contributed by atoms with Crippen LogP contribution in [0.3, 0.4) is 0 Å². The zero-order valence-electron chi connectivity index (χ0n) is 18.1. The van der Waals surface area contributed by atoms with E-state index < -0.39 is 0 Å². The lowest BCUT2D eigenvalue weighted by atomic mass is 9.98. The third-order valence-electron chi connectivity index (χ3n) is 6.41. The molecule has 2 aromatic rings. The van der Waals surface area contributed by atoms with Crippen molar-refractivity contribution in [2.45, 2.75) is 50.4 Å². The molecule has 2 aliphatic heterocycles. The molecule has 0 radical (unpaired) electrons. The molecule has 6 heteroatoms. The minimum Gasteiger partial charge on any atom is -0.282 e. The van der Waals surface area contributed by atoms with Gasteiger partial charge < -0.3 is 0 Å². The molecule has 2 aromatic carbocycles. The maximum Gasteiger partial charge on any atom is 0.237 e. The summed E-state index contributed by atoms with van der Waals surface area (Å²) in [5.41, 5.74) is 1.78. The zero-order valence-corrected chi connectivity index (χ0v) is 18.1. The second-order valence-electron chi connectivity index (χ2n) is 8.52. The predicted molar refractivity (Wildman–Crippen MR) is 120 cm³/mol. The molecule has 2 heterocycles. The van der Waals surface area contributed by atoms with Crippen molar-refractivity contribution >= 4 is 23.6 Å². The molecule has 6 nitrogen and oxygen atoms in total. The van der Waals surface area contributed by atoms with Crippen LogP contribution in [0.1, 0.15) is 61.5 Å². The summed E-state index contributed by atoms with van der Waals surface area (Å²) in [7, 11) is 0. The van der Waals surface area contributed by atoms with Crippen molar-refractivity contribution in [2.75, 3.05) is 13.1 Å². The van der Waals surface area contributed by atoms with Crippen LogP contribution in [0.4, 0.5) is 0 Å². The number of amides is 4. The minimum absolute atomic E-state index is 0.107. The van der Waals surface area contributed by atoms with Gasteiger partial charge in [0, 0.05) is 25.9 Å². The fourth-order valence-corrected chi connectivity index (χ4v) is 4.62. The minimum atomic E-state index is -0.367. The average molecular weight is 433 g/mol. The molecule has 0 bridgehead atoms. The first-order chi connectivity index (χ1) is 15.6. The second kappa shape index (κ2) is 9.90. The lowest BCUT2D eigenvalue weighted by Crippen LogP contribution is -2.32. The van der Waals surface area contributed by atoms with E-state index in [4.69, 9.17) is 0 Å². The van der Waals surface area contributed by atoms with E-state index in [0.29, 0.717) is 13.1 Å². The zero-order chi connectivity index (χ0) is 22.5. The summed E-state index contributed by atoms with van der Waals surface area (Å²) in [5.74, 6) is -1.17. The van der Waals surface area contributed by atoms with Crippen LogP contribution in [0, 0.1) is 0 Å². The first kappa shape index (κ1) is 21.9. The monoisotopic (exact) mass is 432 g/mol. The molecule has 4 rings (SSSR count). The quantitative estimate of drug-likeness (QED) is 0.448. The Hall–Kier alpha value is -3.28. The molecule has 2 saturated heterocycles. The van der Waals surface area contributed by atoms with Crippen LogP contribution in [0.15, 0.2) is 60.7 Å². The Morgan fingerprint density at radius 3 is 1.31 bits per heavy atom. The Kier molecular flexibility index (Phi) is 6.78. The third-order valence-corrected chi connectivity index (χ3v) is 6.41. The molecule has 0 aliphatic carbocycles. The molecule has 32 heavy (non-hydrogen) atoms. The number of benzene rings is 2. The largest absolute Gasteiger partial charge is 0.282 e. The average Bonchev–Trinajstić information content (AvgIpc) is 3.26. The van der Waals surface area contributed by atoms with Gasteiger partial charge >= 0.3 is 0 Å². The van der Waals surface area contributed by atoms with Crippen LogP contribution < -0.4 is 0 Å². The van der Waals surface area contributed by atoms with Gasteiger partial charge in [-0.3, -0.25) is 29.0 Å². The third kappa shape index (κ3) is 4.64. The molecular weight excluding hydrogens is 404 g/mol. The SMILES string of the molecule is O=C1CC(c2ccccc2)C(=O)N1CCCCCCN1C(=O)CC(c2ccccc2)C1=O. The van der Waals surface area contributed by atoms with Gasteiger partial charge in [-0.25, -0.2) is 0 Å². The molecule has 0 spiro atoms. The molecule has 2 fully saturated rings. The van der Waals surface area contributed by atoms with Gasteiger partial charge in [0.15, 0.2) is 0 Å². The smallest absolute Gasteiger partial charge is 0.237 e. The van der Waals surface area contributed by atoms with Crippen molar-refractivity contribution < 1.29 is 19.2 Å². The highest BCUT2D eigenvalue weighted by Gasteiger charge is 2.39. The van der Waals surface area contributed by atoms with Crippen molar-refractivity contribution in [3.8, 4) is 0 Å². The van der Waals surface area contributed by atoms with E-state index >= 15 is 0 Å². The van der Waals surface area contributed by atoms with Gasteiger partial charge in [0.05, 0.1) is 11.8 Å². The Bertz CT molecular complexity index is 908. The number of rotatable bonds is 9. The number of likely N-dealkylation sites (tertiary alicyclic amines) is 2.